The molecule has 1 aromatic rings. The van der Waals surface area contributed by atoms with Crippen LogP contribution in [0.1, 0.15) is 43.4 Å². The summed E-state index contributed by atoms with van der Waals surface area (Å²) in [6.45, 7) is 8.08. The van der Waals surface area contributed by atoms with Crippen molar-refractivity contribution in [3.05, 3.63) is 15.8 Å². The summed E-state index contributed by atoms with van der Waals surface area (Å²) in [5.41, 5.74) is 5.16. The average molecular weight is 290 g/mol. The Hall–Kier alpha value is -0.430. The van der Waals surface area contributed by atoms with E-state index < -0.39 is 15.6 Å². The van der Waals surface area contributed by atoms with E-state index in [1.54, 1.807) is 6.07 Å². The van der Waals surface area contributed by atoms with Gasteiger partial charge in [0.05, 0.1) is 4.90 Å². The minimum Gasteiger partial charge on any atom is -0.326 e. The summed E-state index contributed by atoms with van der Waals surface area (Å²) in [6.07, 6.45) is 1.52. The lowest BCUT2D eigenvalue weighted by Gasteiger charge is -2.27. The van der Waals surface area contributed by atoms with E-state index in [2.05, 4.69) is 4.72 Å². The molecular formula is C12H22N2O2S2. The van der Waals surface area contributed by atoms with Gasteiger partial charge in [0.1, 0.15) is 0 Å². The summed E-state index contributed by atoms with van der Waals surface area (Å²) < 4.78 is 27.5. The van der Waals surface area contributed by atoms with Crippen molar-refractivity contribution in [1.29, 1.82) is 0 Å². The first-order chi connectivity index (χ1) is 8.28. The number of nitrogens with one attached hydrogen (secondary N) is 1. The van der Waals surface area contributed by atoms with Gasteiger partial charge in [-0.2, -0.15) is 0 Å². The average Bonchev–Trinajstić information content (AvgIpc) is 2.70. The molecule has 1 rings (SSSR count). The molecule has 0 spiro atoms. The Morgan fingerprint density at radius 2 is 1.94 bits per heavy atom. The Morgan fingerprint density at radius 3 is 2.33 bits per heavy atom. The van der Waals surface area contributed by atoms with Crippen molar-refractivity contribution in [3.8, 4) is 0 Å². The minimum absolute atomic E-state index is 0.362. The van der Waals surface area contributed by atoms with Crippen molar-refractivity contribution in [2.75, 3.05) is 0 Å². The van der Waals surface area contributed by atoms with Crippen LogP contribution in [0.25, 0.3) is 0 Å². The van der Waals surface area contributed by atoms with Crippen molar-refractivity contribution in [1.82, 2.24) is 4.72 Å². The normalized spacial score (nSPS) is 12.9. The summed E-state index contributed by atoms with van der Waals surface area (Å²) >= 11 is 1.44. The highest BCUT2D eigenvalue weighted by molar-refractivity contribution is 7.89. The third-order valence-corrected chi connectivity index (χ3v) is 6.32. The van der Waals surface area contributed by atoms with E-state index in [9.17, 15) is 8.42 Å². The zero-order valence-corrected chi connectivity index (χ0v) is 13.0. The van der Waals surface area contributed by atoms with E-state index in [1.165, 1.54) is 11.3 Å². The van der Waals surface area contributed by atoms with Crippen LogP contribution >= 0.6 is 11.3 Å². The molecule has 0 aliphatic carbocycles. The fourth-order valence-electron chi connectivity index (χ4n) is 1.67. The number of hydrogen-bond acceptors (Lipinski definition) is 4. The van der Waals surface area contributed by atoms with Crippen LogP contribution < -0.4 is 10.5 Å². The molecule has 0 aromatic carbocycles. The molecule has 0 radical (unpaired) electrons. The van der Waals surface area contributed by atoms with E-state index >= 15 is 0 Å². The van der Waals surface area contributed by atoms with E-state index in [0.717, 1.165) is 22.6 Å². The lowest BCUT2D eigenvalue weighted by atomic mass is 9.98. The molecule has 0 bridgehead atoms. The van der Waals surface area contributed by atoms with Crippen molar-refractivity contribution >= 4 is 21.4 Å². The molecule has 0 amide bonds. The number of sulfonamides is 1. The second-order valence-corrected chi connectivity index (χ2v) is 7.70. The molecule has 0 saturated heterocycles. The van der Waals surface area contributed by atoms with Gasteiger partial charge >= 0.3 is 0 Å². The molecule has 104 valence electrons. The summed E-state index contributed by atoms with van der Waals surface area (Å²) in [5.74, 6) is 0. The molecule has 1 aromatic heterocycles. The van der Waals surface area contributed by atoms with E-state index in [0.29, 0.717) is 11.4 Å². The van der Waals surface area contributed by atoms with Crippen LogP contribution in [0.4, 0.5) is 0 Å². The predicted octanol–water partition coefficient (Wildman–Crippen LogP) is 2.37. The highest BCUT2D eigenvalue weighted by Crippen LogP contribution is 2.27. The summed E-state index contributed by atoms with van der Waals surface area (Å²) in [7, 11) is -3.46. The maximum absolute atomic E-state index is 12.4. The van der Waals surface area contributed by atoms with Crippen molar-refractivity contribution in [2.45, 2.75) is 57.5 Å². The fourth-order valence-corrected chi connectivity index (χ4v) is 4.73. The first kappa shape index (κ1) is 15.6. The number of thiophene rings is 1. The van der Waals surface area contributed by atoms with Gasteiger partial charge in [0.15, 0.2) is 0 Å². The van der Waals surface area contributed by atoms with Gasteiger partial charge in [0.25, 0.3) is 0 Å². The quantitative estimate of drug-likeness (QED) is 0.845. The molecule has 0 saturated carbocycles. The zero-order valence-electron chi connectivity index (χ0n) is 11.4. The summed E-state index contributed by atoms with van der Waals surface area (Å²) in [6, 6.07) is 1.67. The van der Waals surface area contributed by atoms with Crippen LogP contribution in [0.2, 0.25) is 0 Å². The Bertz CT molecular complexity index is 502. The van der Waals surface area contributed by atoms with E-state index in [-0.39, 0.29) is 0 Å². The van der Waals surface area contributed by atoms with Crippen LogP contribution in [0.3, 0.4) is 0 Å². The zero-order chi connectivity index (χ0) is 14.0. The van der Waals surface area contributed by atoms with Crippen LogP contribution in [0.15, 0.2) is 11.0 Å². The lowest BCUT2D eigenvalue weighted by molar-refractivity contribution is 0.388. The molecule has 0 unspecified atom stereocenters. The topological polar surface area (TPSA) is 72.2 Å². The number of rotatable bonds is 6. The van der Waals surface area contributed by atoms with Gasteiger partial charge in [-0.05, 0) is 32.8 Å². The van der Waals surface area contributed by atoms with Crippen molar-refractivity contribution in [2.24, 2.45) is 5.73 Å². The maximum atomic E-state index is 12.4. The summed E-state index contributed by atoms with van der Waals surface area (Å²) in [4.78, 5) is 2.04. The molecule has 6 heteroatoms. The van der Waals surface area contributed by atoms with Gasteiger partial charge in [-0.1, -0.05) is 13.8 Å². The number of aryl methyl sites for hydroxylation is 1. The highest BCUT2D eigenvalue weighted by atomic mass is 32.2. The maximum Gasteiger partial charge on any atom is 0.242 e. The van der Waals surface area contributed by atoms with Gasteiger partial charge < -0.3 is 5.73 Å². The SMILES string of the molecule is CCC(C)(CC)NS(=O)(=O)c1cc(CN)sc1C. The van der Waals surface area contributed by atoms with Gasteiger partial charge in [0, 0.05) is 21.8 Å². The largest absolute Gasteiger partial charge is 0.326 e. The Balaban J connectivity index is 3.10. The van der Waals surface area contributed by atoms with E-state index in [4.69, 9.17) is 5.73 Å². The first-order valence-electron chi connectivity index (χ1n) is 6.11. The van der Waals surface area contributed by atoms with E-state index in [1.807, 2.05) is 27.7 Å². The minimum atomic E-state index is -3.46. The van der Waals surface area contributed by atoms with Crippen molar-refractivity contribution < 1.29 is 8.42 Å². The monoisotopic (exact) mass is 290 g/mol. The second-order valence-electron chi connectivity index (χ2n) is 4.71. The standard InChI is InChI=1S/C12H22N2O2S2/c1-5-12(4,6-2)14-18(15,16)11-7-10(8-13)17-9(11)3/h7,14H,5-6,8,13H2,1-4H3. The molecule has 3 N–H and O–H groups in total. The molecule has 1 heterocycles. The fraction of sp³-hybridized carbons (Fsp3) is 0.667. The molecule has 18 heavy (non-hydrogen) atoms. The molecule has 0 aliphatic rings. The van der Waals surface area contributed by atoms with Gasteiger partial charge in [-0.15, -0.1) is 11.3 Å². The Kier molecular flexibility index (Phi) is 4.94. The van der Waals surface area contributed by atoms with Gasteiger partial charge in [-0.25, -0.2) is 13.1 Å². The number of hydrogen-bond donors (Lipinski definition) is 2. The molecule has 0 fully saturated rings. The molecular weight excluding hydrogens is 268 g/mol. The third kappa shape index (κ3) is 3.32. The van der Waals surface area contributed by atoms with Crippen LogP contribution in [0.5, 0.6) is 0 Å². The highest BCUT2D eigenvalue weighted by Gasteiger charge is 2.29. The Morgan fingerprint density at radius 1 is 1.39 bits per heavy atom. The molecule has 0 atom stereocenters. The number of nitrogens with two attached hydrogens (primary N) is 1. The van der Waals surface area contributed by atoms with Crippen LogP contribution in [0, 0.1) is 6.92 Å². The van der Waals surface area contributed by atoms with Gasteiger partial charge in [-0.3, -0.25) is 0 Å². The van der Waals surface area contributed by atoms with Crippen molar-refractivity contribution in [3.63, 3.8) is 0 Å². The smallest absolute Gasteiger partial charge is 0.242 e. The summed E-state index contributed by atoms with van der Waals surface area (Å²) in [5, 5.41) is 0. The lowest BCUT2D eigenvalue weighted by Crippen LogP contribution is -2.44. The Labute approximate surface area is 114 Å². The first-order valence-corrected chi connectivity index (χ1v) is 8.41. The van der Waals surface area contributed by atoms with Gasteiger partial charge in [0.2, 0.25) is 10.0 Å². The second kappa shape index (κ2) is 5.69. The predicted molar refractivity (Wildman–Crippen MR) is 76.3 cm³/mol. The molecule has 4 nitrogen and oxygen atoms in total. The van der Waals surface area contributed by atoms with Crippen LogP contribution in [-0.2, 0) is 16.6 Å². The molecule has 0 aliphatic heterocycles. The third-order valence-electron chi connectivity index (χ3n) is 3.36. The van der Waals surface area contributed by atoms with Crippen LogP contribution in [-0.4, -0.2) is 14.0 Å².